The molecule has 1 aliphatic heterocycles. The number of carboxylic acid groups (broad SMARTS) is 1. The van der Waals surface area contributed by atoms with E-state index in [0.717, 1.165) is 38.5 Å². The molecule has 2 fully saturated rings. The monoisotopic (exact) mass is 435 g/mol. The minimum atomic E-state index is -3.61. The fourth-order valence-corrected chi connectivity index (χ4v) is 6.78. The number of carbonyl (C=O) groups is 2. The summed E-state index contributed by atoms with van der Waals surface area (Å²) >= 11 is 0. The molecule has 2 unspecified atom stereocenters. The lowest BCUT2D eigenvalue weighted by Gasteiger charge is -2.37. The van der Waals surface area contributed by atoms with Crippen LogP contribution in [0.1, 0.15) is 71.6 Å². The summed E-state index contributed by atoms with van der Waals surface area (Å²) in [5.74, 6) is -1.56. The van der Waals surface area contributed by atoms with Crippen molar-refractivity contribution in [3.8, 4) is 0 Å². The standard InChI is InChI=1S/C22H32N2O5S/c1-16-7-6-8-17(2)24(16)30(28,29)19-11-9-18(10-12-19)23-20(25)15-22(21(26)27)13-4-3-5-14-22/h9-12,16-17H,3-8,13-15H2,1-2H3,(H,23,25)(H,26,27)/p-1. The number of benzene rings is 1. The minimum Gasteiger partial charge on any atom is -0.550 e. The number of carbonyl (C=O) groups excluding carboxylic acids is 2. The first kappa shape index (κ1) is 22.7. The van der Waals surface area contributed by atoms with Crippen molar-refractivity contribution in [2.24, 2.45) is 5.41 Å². The van der Waals surface area contributed by atoms with Crippen LogP contribution in [0.4, 0.5) is 5.69 Å². The molecule has 1 aliphatic carbocycles. The molecule has 0 radical (unpaired) electrons. The molecule has 166 valence electrons. The van der Waals surface area contributed by atoms with Gasteiger partial charge in [-0.15, -0.1) is 0 Å². The summed E-state index contributed by atoms with van der Waals surface area (Å²) in [6, 6.07) is 6.00. The number of anilines is 1. The van der Waals surface area contributed by atoms with Gasteiger partial charge >= 0.3 is 0 Å². The van der Waals surface area contributed by atoms with Crippen molar-refractivity contribution in [2.75, 3.05) is 5.32 Å². The number of piperidine rings is 1. The molecule has 30 heavy (non-hydrogen) atoms. The fraction of sp³-hybridized carbons (Fsp3) is 0.636. The Hall–Kier alpha value is -1.93. The molecule has 1 N–H and O–H groups in total. The van der Waals surface area contributed by atoms with E-state index in [1.54, 1.807) is 16.4 Å². The van der Waals surface area contributed by atoms with E-state index in [9.17, 15) is 23.1 Å². The topological polar surface area (TPSA) is 107 Å². The molecular weight excluding hydrogens is 404 g/mol. The van der Waals surface area contributed by atoms with Crippen LogP contribution in [0, 0.1) is 5.41 Å². The molecular formula is C22H31N2O5S-. The average Bonchev–Trinajstić information content (AvgIpc) is 2.68. The van der Waals surface area contributed by atoms with Crippen molar-refractivity contribution in [1.82, 2.24) is 4.31 Å². The van der Waals surface area contributed by atoms with Crippen LogP contribution < -0.4 is 10.4 Å². The van der Waals surface area contributed by atoms with E-state index in [1.807, 2.05) is 13.8 Å². The zero-order valence-corrected chi connectivity index (χ0v) is 18.5. The first-order valence-corrected chi connectivity index (χ1v) is 12.2. The summed E-state index contributed by atoms with van der Waals surface area (Å²) in [6.45, 7) is 3.86. The van der Waals surface area contributed by atoms with Crippen LogP contribution in [-0.2, 0) is 19.6 Å². The fourth-order valence-electron chi connectivity index (χ4n) is 4.90. The van der Waals surface area contributed by atoms with Crippen LogP contribution in [0.3, 0.4) is 0 Å². The van der Waals surface area contributed by atoms with Crippen molar-refractivity contribution in [1.29, 1.82) is 0 Å². The molecule has 0 spiro atoms. The van der Waals surface area contributed by atoms with Gasteiger partial charge in [0.1, 0.15) is 0 Å². The Balaban J connectivity index is 1.69. The number of aliphatic carboxylic acids is 1. The van der Waals surface area contributed by atoms with Gasteiger partial charge in [-0.05, 0) is 63.8 Å². The van der Waals surface area contributed by atoms with Crippen molar-refractivity contribution < 1.29 is 23.1 Å². The molecule has 1 saturated carbocycles. The number of sulfonamides is 1. The summed E-state index contributed by atoms with van der Waals surface area (Å²) in [7, 11) is -3.61. The van der Waals surface area contributed by atoms with Crippen LogP contribution in [0.5, 0.6) is 0 Å². The maximum Gasteiger partial charge on any atom is 0.243 e. The first-order chi connectivity index (χ1) is 14.2. The molecule has 8 heteroatoms. The molecule has 1 saturated heterocycles. The van der Waals surface area contributed by atoms with Crippen molar-refractivity contribution in [2.45, 2.75) is 88.6 Å². The zero-order valence-electron chi connectivity index (χ0n) is 17.7. The van der Waals surface area contributed by atoms with E-state index >= 15 is 0 Å². The Morgan fingerprint density at radius 3 is 2.13 bits per heavy atom. The summed E-state index contributed by atoms with van der Waals surface area (Å²) < 4.78 is 27.8. The summed E-state index contributed by atoms with van der Waals surface area (Å²) in [5, 5.41) is 14.4. The lowest BCUT2D eigenvalue weighted by atomic mass is 9.71. The molecule has 1 heterocycles. The third kappa shape index (κ3) is 4.70. The number of hydrogen-bond acceptors (Lipinski definition) is 5. The number of amides is 1. The Morgan fingerprint density at radius 2 is 1.60 bits per heavy atom. The van der Waals surface area contributed by atoms with E-state index in [-0.39, 0.29) is 23.4 Å². The largest absolute Gasteiger partial charge is 0.550 e. The van der Waals surface area contributed by atoms with Gasteiger partial charge < -0.3 is 15.2 Å². The van der Waals surface area contributed by atoms with Gasteiger partial charge in [0.25, 0.3) is 0 Å². The third-order valence-electron chi connectivity index (χ3n) is 6.57. The Morgan fingerprint density at radius 1 is 1.03 bits per heavy atom. The Bertz CT molecular complexity index is 865. The van der Waals surface area contributed by atoms with Gasteiger partial charge in [0.15, 0.2) is 0 Å². The first-order valence-electron chi connectivity index (χ1n) is 10.8. The highest BCUT2D eigenvalue weighted by Gasteiger charge is 2.37. The third-order valence-corrected chi connectivity index (χ3v) is 8.71. The SMILES string of the molecule is CC1CCCC(C)N1S(=O)(=O)c1ccc(NC(=O)CC2(C(=O)[O-])CCCCC2)cc1. The van der Waals surface area contributed by atoms with Gasteiger partial charge in [0.2, 0.25) is 15.9 Å². The summed E-state index contributed by atoms with van der Waals surface area (Å²) in [6.07, 6.45) is 6.02. The lowest BCUT2D eigenvalue weighted by Crippen LogP contribution is -2.47. The van der Waals surface area contributed by atoms with E-state index in [1.165, 1.54) is 12.1 Å². The van der Waals surface area contributed by atoms with Crippen molar-refractivity contribution >= 4 is 27.6 Å². The molecule has 7 nitrogen and oxygen atoms in total. The molecule has 0 aromatic heterocycles. The second kappa shape index (κ2) is 9.06. The molecule has 1 aromatic rings. The van der Waals surface area contributed by atoms with Crippen LogP contribution in [-0.4, -0.2) is 36.7 Å². The quantitative estimate of drug-likeness (QED) is 0.739. The van der Waals surface area contributed by atoms with Gasteiger partial charge in [-0.1, -0.05) is 25.7 Å². The zero-order chi connectivity index (χ0) is 21.9. The second-order valence-corrected chi connectivity index (χ2v) is 10.7. The smallest absolute Gasteiger partial charge is 0.243 e. The summed E-state index contributed by atoms with van der Waals surface area (Å²) in [4.78, 5) is 24.3. The number of nitrogens with one attached hydrogen (secondary N) is 1. The molecule has 0 bridgehead atoms. The molecule has 2 atom stereocenters. The lowest BCUT2D eigenvalue weighted by molar-refractivity contribution is -0.321. The molecule has 3 rings (SSSR count). The molecule has 1 aromatic carbocycles. The van der Waals surface area contributed by atoms with Crippen molar-refractivity contribution in [3.05, 3.63) is 24.3 Å². The predicted molar refractivity (Wildman–Crippen MR) is 112 cm³/mol. The van der Waals surface area contributed by atoms with Gasteiger partial charge in [-0.3, -0.25) is 4.79 Å². The second-order valence-electron chi connectivity index (χ2n) is 8.84. The maximum absolute atomic E-state index is 13.1. The van der Waals surface area contributed by atoms with Gasteiger partial charge in [-0.25, -0.2) is 8.42 Å². The summed E-state index contributed by atoms with van der Waals surface area (Å²) in [5.41, 5.74) is -0.658. The number of rotatable bonds is 6. The van der Waals surface area contributed by atoms with E-state index in [4.69, 9.17) is 0 Å². The van der Waals surface area contributed by atoms with Gasteiger partial charge in [-0.2, -0.15) is 4.31 Å². The van der Waals surface area contributed by atoms with E-state index in [0.29, 0.717) is 18.5 Å². The van der Waals surface area contributed by atoms with Crippen LogP contribution in [0.2, 0.25) is 0 Å². The Labute approximate surface area is 178 Å². The normalized spacial score (nSPS) is 24.9. The van der Waals surface area contributed by atoms with Gasteiger partial charge in [0.05, 0.1) is 4.90 Å². The van der Waals surface area contributed by atoms with Gasteiger partial charge in [0, 0.05) is 35.6 Å². The number of carboxylic acids is 1. The van der Waals surface area contributed by atoms with Crippen LogP contribution >= 0.6 is 0 Å². The van der Waals surface area contributed by atoms with Crippen LogP contribution in [0.25, 0.3) is 0 Å². The number of hydrogen-bond donors (Lipinski definition) is 1. The maximum atomic E-state index is 13.1. The van der Waals surface area contributed by atoms with Crippen LogP contribution in [0.15, 0.2) is 29.2 Å². The number of nitrogens with zero attached hydrogens (tertiary/aromatic N) is 1. The highest BCUT2D eigenvalue weighted by molar-refractivity contribution is 7.89. The minimum absolute atomic E-state index is 0.0468. The average molecular weight is 436 g/mol. The molecule has 2 aliphatic rings. The highest BCUT2D eigenvalue weighted by Crippen LogP contribution is 2.39. The van der Waals surface area contributed by atoms with Crippen molar-refractivity contribution in [3.63, 3.8) is 0 Å². The predicted octanol–water partition coefficient (Wildman–Crippen LogP) is 2.67. The van der Waals surface area contributed by atoms with E-state index in [2.05, 4.69) is 5.32 Å². The van der Waals surface area contributed by atoms with E-state index < -0.39 is 27.3 Å². The highest BCUT2D eigenvalue weighted by atomic mass is 32.2. The molecule has 1 amide bonds. The Kier molecular flexibility index (Phi) is 6.87.